The van der Waals surface area contributed by atoms with Crippen LogP contribution in [0.1, 0.15) is 33.4 Å². The van der Waals surface area contributed by atoms with Crippen LogP contribution in [0.2, 0.25) is 0 Å². The van der Waals surface area contributed by atoms with Crippen LogP contribution < -0.4 is 0 Å². The number of aliphatic hydroxyl groups is 4. The predicted molar refractivity (Wildman–Crippen MR) is 92.8 cm³/mol. The van der Waals surface area contributed by atoms with Crippen molar-refractivity contribution < 1.29 is 57.0 Å². The Kier molecular flexibility index (Phi) is 6.81. The Morgan fingerprint density at radius 3 is 1.00 bits per heavy atom. The molecule has 31 heavy (non-hydrogen) atoms. The van der Waals surface area contributed by atoms with Gasteiger partial charge in [0.1, 0.15) is 11.5 Å². The minimum Gasteiger partial charge on any atom is -0.507 e. The summed E-state index contributed by atoms with van der Waals surface area (Å²) in [7, 11) is 0. The van der Waals surface area contributed by atoms with E-state index in [0.29, 0.717) is 24.3 Å². The molecule has 0 saturated heterocycles. The van der Waals surface area contributed by atoms with Crippen molar-refractivity contribution in [3.05, 3.63) is 57.6 Å². The lowest BCUT2D eigenvalue weighted by Crippen LogP contribution is -2.53. The highest BCUT2D eigenvalue weighted by molar-refractivity contribution is 5.53. The monoisotopic (exact) mass is 456 g/mol. The van der Waals surface area contributed by atoms with Crippen molar-refractivity contribution in [1.82, 2.24) is 0 Å². The molecule has 0 aliphatic rings. The highest BCUT2D eigenvalue weighted by Gasteiger charge is 2.72. The zero-order chi connectivity index (χ0) is 23.8. The number of hydrogen-bond acceptors (Lipinski definition) is 6. The molecule has 0 amide bonds. The molecule has 2 aromatic rings. The van der Waals surface area contributed by atoms with E-state index in [0.717, 1.165) is 0 Å². The fourth-order valence-electron chi connectivity index (χ4n) is 3.12. The van der Waals surface area contributed by atoms with E-state index in [4.69, 9.17) is 0 Å². The second-order valence-electron chi connectivity index (χ2n) is 6.65. The molecule has 0 fully saturated rings. The molecule has 0 saturated carbocycles. The summed E-state index contributed by atoms with van der Waals surface area (Å²) in [4.78, 5) is 0. The summed E-state index contributed by atoms with van der Waals surface area (Å²) in [6.45, 7) is -4.33. The number of halogens is 6. The van der Waals surface area contributed by atoms with Gasteiger partial charge in [-0.05, 0) is 24.3 Å². The van der Waals surface area contributed by atoms with Crippen LogP contribution in [0.3, 0.4) is 0 Å². The smallest absolute Gasteiger partial charge is 0.457 e. The number of rotatable bonds is 7. The van der Waals surface area contributed by atoms with Crippen LogP contribution in [0.5, 0.6) is 11.5 Å². The van der Waals surface area contributed by atoms with Gasteiger partial charge in [-0.25, -0.2) is 4.39 Å². The predicted octanol–water partition coefficient (Wildman–Crippen LogP) is 2.48. The van der Waals surface area contributed by atoms with E-state index in [1.165, 1.54) is 0 Å². The normalized spacial score (nSPS) is 13.0. The van der Waals surface area contributed by atoms with E-state index in [1.54, 1.807) is 0 Å². The Balaban J connectivity index is 3.02. The van der Waals surface area contributed by atoms with E-state index < -0.39 is 89.1 Å². The van der Waals surface area contributed by atoms with Gasteiger partial charge < -0.3 is 30.6 Å². The first-order valence-electron chi connectivity index (χ1n) is 8.57. The van der Waals surface area contributed by atoms with E-state index in [-0.39, 0.29) is 0 Å². The summed E-state index contributed by atoms with van der Waals surface area (Å²) >= 11 is 0. The van der Waals surface area contributed by atoms with E-state index in [9.17, 15) is 52.6 Å². The van der Waals surface area contributed by atoms with Gasteiger partial charge in [-0.1, -0.05) is 0 Å². The molecule has 0 aliphatic heterocycles. The maximum absolute atomic E-state index is 16.1. The van der Waals surface area contributed by atoms with Crippen LogP contribution in [0.15, 0.2) is 24.3 Å². The Hall–Kier alpha value is -2.54. The van der Waals surface area contributed by atoms with Crippen molar-refractivity contribution in [2.45, 2.75) is 44.2 Å². The van der Waals surface area contributed by atoms with E-state index >= 15 is 4.39 Å². The molecule has 6 nitrogen and oxygen atoms in total. The third-order valence-corrected chi connectivity index (χ3v) is 4.80. The lowest BCUT2D eigenvalue weighted by Gasteiger charge is -2.36. The summed E-state index contributed by atoms with van der Waals surface area (Å²) in [5.74, 6) is -7.76. The van der Waals surface area contributed by atoms with Gasteiger partial charge in [0.2, 0.25) is 5.67 Å². The maximum atomic E-state index is 16.1. The second-order valence-corrected chi connectivity index (χ2v) is 6.65. The fourth-order valence-corrected chi connectivity index (χ4v) is 3.12. The molecule has 0 unspecified atom stereocenters. The molecule has 0 aromatic heterocycles. The molecule has 12 heteroatoms. The van der Waals surface area contributed by atoms with E-state index in [1.807, 2.05) is 0 Å². The van der Waals surface area contributed by atoms with Crippen LogP contribution in [-0.2, 0) is 32.1 Å². The summed E-state index contributed by atoms with van der Waals surface area (Å²) in [5, 5.41) is 56.9. The molecule has 0 bridgehead atoms. The lowest BCUT2D eigenvalue weighted by molar-refractivity contribution is -0.323. The van der Waals surface area contributed by atoms with Crippen LogP contribution in [0.4, 0.5) is 26.3 Å². The fraction of sp³-hybridized carbons (Fsp3) is 0.368. The number of phenols is 2. The molecule has 2 rings (SSSR count). The third-order valence-electron chi connectivity index (χ3n) is 4.80. The van der Waals surface area contributed by atoms with Gasteiger partial charge in [-0.15, -0.1) is 0 Å². The molecular weight excluding hydrogens is 438 g/mol. The third kappa shape index (κ3) is 3.91. The topological polar surface area (TPSA) is 121 Å². The van der Waals surface area contributed by atoms with Crippen LogP contribution >= 0.6 is 0 Å². The van der Waals surface area contributed by atoms with Crippen molar-refractivity contribution in [3.63, 3.8) is 0 Å². The first kappa shape index (κ1) is 24.7. The molecule has 0 aliphatic carbocycles. The highest BCUT2D eigenvalue weighted by atomic mass is 19.4. The minimum absolute atomic E-state index is 0.373. The van der Waals surface area contributed by atoms with Crippen molar-refractivity contribution >= 4 is 0 Å². The highest BCUT2D eigenvalue weighted by Crippen LogP contribution is 2.55. The Morgan fingerprint density at radius 2 is 0.806 bits per heavy atom. The Labute approximate surface area is 171 Å². The summed E-state index contributed by atoms with van der Waals surface area (Å²) in [6, 6.07) is 1.49. The summed E-state index contributed by atoms with van der Waals surface area (Å²) in [6.07, 6.45) is -6.44. The number of benzene rings is 2. The largest absolute Gasteiger partial charge is 0.507 e. The van der Waals surface area contributed by atoms with Crippen molar-refractivity contribution in [2.24, 2.45) is 0 Å². The number of hydrogen-bond donors (Lipinski definition) is 6. The molecule has 0 atom stereocenters. The number of aliphatic hydroxyl groups excluding tert-OH is 4. The summed E-state index contributed by atoms with van der Waals surface area (Å²) in [5.41, 5.74) is -10.0. The van der Waals surface area contributed by atoms with Gasteiger partial charge in [0, 0.05) is 33.4 Å². The number of alkyl halides is 6. The van der Waals surface area contributed by atoms with Crippen molar-refractivity contribution in [3.8, 4) is 11.5 Å². The molecule has 6 N–H and O–H groups in total. The van der Waals surface area contributed by atoms with E-state index in [2.05, 4.69) is 0 Å². The maximum Gasteiger partial charge on any atom is 0.457 e. The van der Waals surface area contributed by atoms with Gasteiger partial charge in [0.25, 0.3) is 0 Å². The van der Waals surface area contributed by atoms with Crippen LogP contribution in [0.25, 0.3) is 0 Å². The molecule has 0 heterocycles. The molecular formula is C19H18F6O6. The molecule has 172 valence electrons. The quantitative estimate of drug-likeness (QED) is 0.356. The van der Waals surface area contributed by atoms with Crippen LogP contribution in [-0.4, -0.2) is 42.7 Å². The van der Waals surface area contributed by atoms with Gasteiger partial charge in [-0.2, -0.15) is 22.0 Å². The first-order chi connectivity index (χ1) is 14.3. The summed E-state index contributed by atoms with van der Waals surface area (Å²) < 4.78 is 85.2. The zero-order valence-corrected chi connectivity index (χ0v) is 15.6. The average molecular weight is 456 g/mol. The lowest BCUT2D eigenvalue weighted by atomic mass is 9.79. The SMILES string of the molecule is OCc1cc(C(F)(c2cc(CO)c(O)c(CO)c2)C(F)(F)C(F)(F)F)cc(CO)c1O. The number of aromatic hydroxyl groups is 2. The van der Waals surface area contributed by atoms with Gasteiger partial charge in [0.15, 0.2) is 0 Å². The Morgan fingerprint density at radius 1 is 0.548 bits per heavy atom. The molecule has 0 radical (unpaired) electrons. The van der Waals surface area contributed by atoms with Gasteiger partial charge in [-0.3, -0.25) is 0 Å². The van der Waals surface area contributed by atoms with Gasteiger partial charge >= 0.3 is 12.1 Å². The average Bonchev–Trinajstić information content (AvgIpc) is 2.72. The van der Waals surface area contributed by atoms with Crippen molar-refractivity contribution in [2.75, 3.05) is 0 Å². The zero-order valence-electron chi connectivity index (χ0n) is 15.6. The van der Waals surface area contributed by atoms with Crippen LogP contribution in [0, 0.1) is 0 Å². The second kappa shape index (κ2) is 8.54. The first-order valence-corrected chi connectivity index (χ1v) is 8.57. The van der Waals surface area contributed by atoms with Gasteiger partial charge in [0.05, 0.1) is 26.4 Å². The standard InChI is InChI=1S/C19H18F6O6/c20-17(18(21,22)19(23,24)25,13-1-9(5-26)15(30)10(2-13)6-27)14-3-11(7-28)16(31)12(4-14)8-29/h1-4,26-31H,5-8H2. The van der Waals surface area contributed by atoms with Crippen molar-refractivity contribution in [1.29, 1.82) is 0 Å². The Bertz CT molecular complexity index is 848. The molecule has 2 aromatic carbocycles. The minimum atomic E-state index is -6.44. The molecule has 0 spiro atoms.